The summed E-state index contributed by atoms with van der Waals surface area (Å²) in [4.78, 5) is 11.5. The molecule has 0 aliphatic carbocycles. The number of sulfone groups is 1. The van der Waals surface area contributed by atoms with E-state index in [4.69, 9.17) is 10.5 Å². The number of rotatable bonds is 6. The zero-order valence-corrected chi connectivity index (χ0v) is 11.8. The van der Waals surface area contributed by atoms with Gasteiger partial charge in [-0.3, -0.25) is 4.79 Å². The number of carbonyl (C=O) groups is 1. The first-order valence-corrected chi connectivity index (χ1v) is 7.85. The summed E-state index contributed by atoms with van der Waals surface area (Å²) < 4.78 is 27.4. The number of hydrogen-bond donors (Lipinski definition) is 2. The average molecular weight is 286 g/mol. The molecule has 0 saturated carbocycles. The Labute approximate surface area is 112 Å². The Hall–Kier alpha value is -1.60. The first-order chi connectivity index (χ1) is 8.85. The Bertz CT molecular complexity index is 555. The molecule has 1 rings (SSSR count). The lowest BCUT2D eigenvalue weighted by molar-refractivity contribution is -0.113. The van der Waals surface area contributed by atoms with Gasteiger partial charge in [-0.25, -0.2) is 8.42 Å². The molecule has 3 N–H and O–H groups in total. The lowest BCUT2D eigenvalue weighted by Gasteiger charge is -2.11. The van der Waals surface area contributed by atoms with Gasteiger partial charge in [-0.2, -0.15) is 0 Å². The van der Waals surface area contributed by atoms with Crippen LogP contribution in [0.15, 0.2) is 18.2 Å². The monoisotopic (exact) mass is 286 g/mol. The van der Waals surface area contributed by atoms with Gasteiger partial charge < -0.3 is 15.8 Å². The summed E-state index contributed by atoms with van der Waals surface area (Å²) in [6.45, 7) is 2.65. The fraction of sp³-hybridized carbons (Fsp3) is 0.417. The predicted molar refractivity (Wildman–Crippen MR) is 73.8 cm³/mol. The van der Waals surface area contributed by atoms with Crippen LogP contribution in [0.25, 0.3) is 0 Å². The van der Waals surface area contributed by atoms with Gasteiger partial charge in [0.1, 0.15) is 11.5 Å². The number of nitrogens with two attached hydrogens (primary N) is 1. The highest BCUT2D eigenvalue weighted by atomic mass is 32.2. The van der Waals surface area contributed by atoms with Crippen LogP contribution < -0.4 is 15.8 Å². The van der Waals surface area contributed by atoms with E-state index in [0.717, 1.165) is 11.8 Å². The van der Waals surface area contributed by atoms with Crippen LogP contribution in [0, 0.1) is 0 Å². The maximum Gasteiger partial charge on any atom is 0.239 e. The largest absolute Gasteiger partial charge is 0.494 e. The summed E-state index contributed by atoms with van der Waals surface area (Å²) >= 11 is 0. The molecule has 1 aromatic carbocycles. The molecule has 1 amide bonds. The van der Waals surface area contributed by atoms with Gasteiger partial charge in [0.2, 0.25) is 5.91 Å². The van der Waals surface area contributed by atoms with Crippen molar-refractivity contribution in [1.82, 2.24) is 0 Å². The molecule has 0 fully saturated rings. The van der Waals surface area contributed by atoms with E-state index in [9.17, 15) is 13.2 Å². The van der Waals surface area contributed by atoms with E-state index in [-0.39, 0.29) is 6.54 Å². The second-order valence-electron chi connectivity index (χ2n) is 4.08. The minimum absolute atomic E-state index is 0.269. The highest BCUT2D eigenvalue weighted by Crippen LogP contribution is 2.22. The molecule has 0 aliphatic heterocycles. The van der Waals surface area contributed by atoms with E-state index in [1.807, 2.05) is 6.92 Å². The number of amides is 1. The molecule has 0 aliphatic rings. The molecule has 7 heteroatoms. The van der Waals surface area contributed by atoms with E-state index in [0.29, 0.717) is 18.0 Å². The maximum atomic E-state index is 11.5. The molecule has 0 saturated heterocycles. The van der Waals surface area contributed by atoms with Crippen molar-refractivity contribution in [2.45, 2.75) is 13.5 Å². The van der Waals surface area contributed by atoms with Crippen LogP contribution in [-0.2, 0) is 21.2 Å². The van der Waals surface area contributed by atoms with Crippen molar-refractivity contribution in [1.29, 1.82) is 0 Å². The van der Waals surface area contributed by atoms with E-state index in [1.165, 1.54) is 0 Å². The van der Waals surface area contributed by atoms with Crippen molar-refractivity contribution in [2.24, 2.45) is 5.73 Å². The topological polar surface area (TPSA) is 98.5 Å². The zero-order valence-electron chi connectivity index (χ0n) is 11.0. The number of nitrogens with one attached hydrogen (secondary N) is 1. The van der Waals surface area contributed by atoms with Crippen molar-refractivity contribution < 1.29 is 17.9 Å². The molecule has 0 heterocycles. The van der Waals surface area contributed by atoms with Gasteiger partial charge in [0.15, 0.2) is 9.84 Å². The van der Waals surface area contributed by atoms with E-state index < -0.39 is 21.5 Å². The van der Waals surface area contributed by atoms with Gasteiger partial charge >= 0.3 is 0 Å². The van der Waals surface area contributed by atoms with E-state index in [1.54, 1.807) is 18.2 Å². The van der Waals surface area contributed by atoms with Gasteiger partial charge in [0.25, 0.3) is 0 Å². The van der Waals surface area contributed by atoms with Crippen molar-refractivity contribution in [2.75, 3.05) is 23.9 Å². The molecule has 106 valence electrons. The highest BCUT2D eigenvalue weighted by molar-refractivity contribution is 7.91. The molecule has 1 aromatic rings. The second kappa shape index (κ2) is 6.53. The van der Waals surface area contributed by atoms with Crippen molar-refractivity contribution in [3.63, 3.8) is 0 Å². The molecule has 0 aromatic heterocycles. The van der Waals surface area contributed by atoms with Gasteiger partial charge in [-0.05, 0) is 25.1 Å². The quantitative estimate of drug-likeness (QED) is 0.794. The van der Waals surface area contributed by atoms with Crippen LogP contribution in [0.1, 0.15) is 12.5 Å². The van der Waals surface area contributed by atoms with E-state index >= 15 is 0 Å². The number of benzene rings is 1. The summed E-state index contributed by atoms with van der Waals surface area (Å²) in [6, 6.07) is 5.01. The van der Waals surface area contributed by atoms with Crippen LogP contribution in [-0.4, -0.2) is 32.9 Å². The summed E-state index contributed by atoms with van der Waals surface area (Å²) in [5, 5.41) is 2.51. The smallest absolute Gasteiger partial charge is 0.239 e. The third-order valence-electron chi connectivity index (χ3n) is 2.26. The second-order valence-corrected chi connectivity index (χ2v) is 6.22. The summed E-state index contributed by atoms with van der Waals surface area (Å²) in [6.07, 6.45) is 1.01. The molecule has 0 atom stereocenters. The summed E-state index contributed by atoms with van der Waals surface area (Å²) in [7, 11) is -3.34. The van der Waals surface area contributed by atoms with Gasteiger partial charge in [0, 0.05) is 24.1 Å². The summed E-state index contributed by atoms with van der Waals surface area (Å²) in [5.74, 6) is -0.459. The molecule has 0 radical (unpaired) electrons. The van der Waals surface area contributed by atoms with Crippen molar-refractivity contribution in [3.05, 3.63) is 23.8 Å². The van der Waals surface area contributed by atoms with Crippen molar-refractivity contribution in [3.8, 4) is 5.75 Å². The molecule has 0 bridgehead atoms. The molecular formula is C12H18N2O4S. The third kappa shape index (κ3) is 5.27. The molecular weight excluding hydrogens is 268 g/mol. The predicted octanol–water partition coefficient (Wildman–Crippen LogP) is 0.527. The van der Waals surface area contributed by atoms with Crippen LogP contribution in [0.5, 0.6) is 5.75 Å². The van der Waals surface area contributed by atoms with E-state index in [2.05, 4.69) is 5.32 Å². The standard InChI is InChI=1S/C12H18N2O4S/c1-3-18-11-5-4-10(6-9(11)7-13)14-12(15)8-19(2,16)17/h4-6H,3,7-8,13H2,1-2H3,(H,14,15). The molecule has 6 nitrogen and oxygen atoms in total. The Kier molecular flexibility index (Phi) is 5.31. The maximum absolute atomic E-state index is 11.5. The molecule has 0 spiro atoms. The lowest BCUT2D eigenvalue weighted by Crippen LogP contribution is -2.22. The van der Waals surface area contributed by atoms with Gasteiger partial charge in [-0.15, -0.1) is 0 Å². The van der Waals surface area contributed by atoms with Gasteiger partial charge in [-0.1, -0.05) is 0 Å². The van der Waals surface area contributed by atoms with Gasteiger partial charge in [0.05, 0.1) is 6.61 Å². The Balaban J connectivity index is 2.82. The zero-order chi connectivity index (χ0) is 14.5. The number of carbonyl (C=O) groups excluding carboxylic acids is 1. The Morgan fingerprint density at radius 3 is 2.63 bits per heavy atom. The van der Waals surface area contributed by atoms with Crippen LogP contribution >= 0.6 is 0 Å². The third-order valence-corrected chi connectivity index (χ3v) is 3.04. The average Bonchev–Trinajstić information content (AvgIpc) is 2.28. The van der Waals surface area contributed by atoms with Crippen LogP contribution in [0.4, 0.5) is 5.69 Å². The minimum atomic E-state index is -3.34. The first-order valence-electron chi connectivity index (χ1n) is 5.79. The Morgan fingerprint density at radius 1 is 1.42 bits per heavy atom. The number of anilines is 1. The molecule has 19 heavy (non-hydrogen) atoms. The van der Waals surface area contributed by atoms with Crippen LogP contribution in [0.2, 0.25) is 0 Å². The SMILES string of the molecule is CCOc1ccc(NC(=O)CS(C)(=O)=O)cc1CN. The Morgan fingerprint density at radius 2 is 2.11 bits per heavy atom. The number of hydrogen-bond acceptors (Lipinski definition) is 5. The molecule has 0 unspecified atom stereocenters. The normalized spacial score (nSPS) is 11.1. The van der Waals surface area contributed by atoms with Crippen molar-refractivity contribution >= 4 is 21.4 Å². The first kappa shape index (κ1) is 15.5. The van der Waals surface area contributed by atoms with Crippen LogP contribution in [0.3, 0.4) is 0 Å². The highest BCUT2D eigenvalue weighted by Gasteiger charge is 2.12. The number of ether oxygens (including phenoxy) is 1. The summed E-state index contributed by atoms with van der Waals surface area (Å²) in [5.41, 5.74) is 6.84. The minimum Gasteiger partial charge on any atom is -0.494 e. The fourth-order valence-electron chi connectivity index (χ4n) is 1.55. The fourth-order valence-corrected chi connectivity index (χ4v) is 2.10. The lowest BCUT2D eigenvalue weighted by atomic mass is 10.1.